The standard InChI is InChI=1S/C9H7NO5.C9H10O/c10-7(11)5-2-1-4(8(12)13)3-6(5)9(14)15;1-7-4-3-5-9(6-7)8(2)10/h1-3H,(H2,10,11)(H,12,13)(H,14,15);3-6H,1-2H3. The maximum Gasteiger partial charge on any atom is 0.336 e. The zero-order valence-electron chi connectivity index (χ0n) is 13.6. The number of hydrogen-bond acceptors (Lipinski definition) is 4. The Balaban J connectivity index is 0.000000271. The van der Waals surface area contributed by atoms with Gasteiger partial charge in [0.15, 0.2) is 5.78 Å². The zero-order chi connectivity index (χ0) is 19.1. The number of aryl methyl sites for hydroxylation is 1. The van der Waals surface area contributed by atoms with Crippen LogP contribution in [0.2, 0.25) is 0 Å². The number of aromatic carboxylic acids is 2. The third-order valence-electron chi connectivity index (χ3n) is 3.19. The second kappa shape index (κ2) is 8.39. The van der Waals surface area contributed by atoms with E-state index in [1.54, 1.807) is 6.92 Å². The number of carboxylic acids is 2. The minimum atomic E-state index is -1.40. The Kier molecular flexibility index (Phi) is 6.57. The minimum absolute atomic E-state index is 0.128. The lowest BCUT2D eigenvalue weighted by Crippen LogP contribution is -2.17. The van der Waals surface area contributed by atoms with Crippen LogP contribution in [0.1, 0.15) is 53.9 Å². The molecule has 2 rings (SSSR count). The molecule has 0 aliphatic heterocycles. The van der Waals surface area contributed by atoms with Crippen molar-refractivity contribution in [2.24, 2.45) is 5.73 Å². The number of hydrogen-bond donors (Lipinski definition) is 3. The first-order chi connectivity index (χ1) is 11.6. The number of carboxylic acid groups (broad SMARTS) is 2. The number of carbonyl (C=O) groups is 4. The average molecular weight is 343 g/mol. The van der Waals surface area contributed by atoms with Crippen LogP contribution < -0.4 is 5.73 Å². The van der Waals surface area contributed by atoms with Crippen LogP contribution in [0.25, 0.3) is 0 Å². The van der Waals surface area contributed by atoms with Gasteiger partial charge in [-0.1, -0.05) is 23.8 Å². The highest BCUT2D eigenvalue weighted by Crippen LogP contribution is 2.12. The highest BCUT2D eigenvalue weighted by Gasteiger charge is 2.16. The normalized spacial score (nSPS) is 9.52. The molecule has 0 spiro atoms. The van der Waals surface area contributed by atoms with E-state index in [9.17, 15) is 19.2 Å². The van der Waals surface area contributed by atoms with Crippen molar-refractivity contribution in [2.75, 3.05) is 0 Å². The van der Waals surface area contributed by atoms with Crippen molar-refractivity contribution in [3.05, 3.63) is 70.3 Å². The summed E-state index contributed by atoms with van der Waals surface area (Å²) in [6.45, 7) is 3.56. The number of benzene rings is 2. The summed E-state index contributed by atoms with van der Waals surface area (Å²) in [5, 5.41) is 17.3. The molecule has 25 heavy (non-hydrogen) atoms. The van der Waals surface area contributed by atoms with Gasteiger partial charge < -0.3 is 15.9 Å². The molecule has 130 valence electrons. The Bertz CT molecular complexity index is 841. The van der Waals surface area contributed by atoms with E-state index in [1.807, 2.05) is 31.2 Å². The van der Waals surface area contributed by atoms with E-state index in [2.05, 4.69) is 0 Å². The third-order valence-corrected chi connectivity index (χ3v) is 3.19. The second-order valence-corrected chi connectivity index (χ2v) is 5.16. The molecule has 0 aliphatic rings. The van der Waals surface area contributed by atoms with Crippen molar-refractivity contribution in [3.63, 3.8) is 0 Å². The van der Waals surface area contributed by atoms with Gasteiger partial charge in [0.1, 0.15) is 0 Å². The molecule has 0 aliphatic carbocycles. The number of ketones is 1. The summed E-state index contributed by atoms with van der Waals surface area (Å²) in [7, 11) is 0. The summed E-state index contributed by atoms with van der Waals surface area (Å²) in [4.78, 5) is 42.9. The largest absolute Gasteiger partial charge is 0.478 e. The van der Waals surface area contributed by atoms with Gasteiger partial charge in [-0.2, -0.15) is 0 Å². The van der Waals surface area contributed by atoms with Crippen LogP contribution in [0.5, 0.6) is 0 Å². The van der Waals surface area contributed by atoms with Gasteiger partial charge in [0.05, 0.1) is 16.7 Å². The molecule has 0 saturated heterocycles. The number of carbonyl (C=O) groups excluding carboxylic acids is 2. The Labute approximate surface area is 143 Å². The molecule has 7 nitrogen and oxygen atoms in total. The molecule has 2 aromatic rings. The molecule has 0 atom stereocenters. The van der Waals surface area contributed by atoms with E-state index in [1.165, 1.54) is 0 Å². The van der Waals surface area contributed by atoms with Crippen molar-refractivity contribution in [1.29, 1.82) is 0 Å². The maximum atomic E-state index is 10.8. The van der Waals surface area contributed by atoms with Gasteiger partial charge >= 0.3 is 11.9 Å². The molecule has 0 heterocycles. The van der Waals surface area contributed by atoms with E-state index in [4.69, 9.17) is 15.9 Å². The zero-order valence-corrected chi connectivity index (χ0v) is 13.6. The lowest BCUT2D eigenvalue weighted by atomic mass is 10.0. The fraction of sp³-hybridized carbons (Fsp3) is 0.111. The van der Waals surface area contributed by atoms with Crippen LogP contribution in [0, 0.1) is 6.92 Å². The molecular weight excluding hydrogens is 326 g/mol. The highest BCUT2D eigenvalue weighted by molar-refractivity contribution is 6.05. The van der Waals surface area contributed by atoms with Crippen LogP contribution in [0.15, 0.2) is 42.5 Å². The van der Waals surface area contributed by atoms with Crippen molar-refractivity contribution in [1.82, 2.24) is 0 Å². The monoisotopic (exact) mass is 343 g/mol. The summed E-state index contributed by atoms with van der Waals surface area (Å²) in [5.74, 6) is -3.45. The molecule has 0 radical (unpaired) electrons. The second-order valence-electron chi connectivity index (χ2n) is 5.16. The number of primary amides is 1. The molecule has 7 heteroatoms. The lowest BCUT2D eigenvalue weighted by molar-refractivity contribution is 0.0691. The number of nitrogens with two attached hydrogens (primary N) is 1. The van der Waals surface area contributed by atoms with Gasteiger partial charge in [0.2, 0.25) is 5.91 Å². The predicted molar refractivity (Wildman–Crippen MR) is 90.1 cm³/mol. The summed E-state index contributed by atoms with van der Waals surface area (Å²) >= 11 is 0. The lowest BCUT2D eigenvalue weighted by Gasteiger charge is -2.02. The number of rotatable bonds is 4. The average Bonchev–Trinajstić information content (AvgIpc) is 2.54. The molecule has 0 unspecified atom stereocenters. The molecule has 1 amide bonds. The van der Waals surface area contributed by atoms with Crippen molar-refractivity contribution in [2.45, 2.75) is 13.8 Å². The van der Waals surface area contributed by atoms with Crippen molar-refractivity contribution >= 4 is 23.6 Å². The van der Waals surface area contributed by atoms with E-state index >= 15 is 0 Å². The molecule has 0 aromatic heterocycles. The first-order valence-electron chi connectivity index (χ1n) is 7.11. The Morgan fingerprint density at radius 2 is 1.48 bits per heavy atom. The fourth-order valence-corrected chi connectivity index (χ4v) is 1.93. The Morgan fingerprint density at radius 3 is 1.88 bits per heavy atom. The third kappa shape index (κ3) is 5.58. The number of amides is 1. The Hall–Kier alpha value is -3.48. The molecule has 4 N–H and O–H groups in total. The summed E-state index contributed by atoms with van der Waals surface area (Å²) < 4.78 is 0. The fourth-order valence-electron chi connectivity index (χ4n) is 1.93. The summed E-state index contributed by atoms with van der Waals surface area (Å²) in [5.41, 5.74) is 6.01. The van der Waals surface area contributed by atoms with Crippen molar-refractivity contribution < 1.29 is 29.4 Å². The van der Waals surface area contributed by atoms with Crippen LogP contribution in [0.3, 0.4) is 0 Å². The summed E-state index contributed by atoms with van der Waals surface area (Å²) in [6.07, 6.45) is 0. The van der Waals surface area contributed by atoms with Gasteiger partial charge in [0.25, 0.3) is 0 Å². The van der Waals surface area contributed by atoms with E-state index in [0.717, 1.165) is 29.3 Å². The van der Waals surface area contributed by atoms with Crippen LogP contribution in [-0.4, -0.2) is 33.8 Å². The van der Waals surface area contributed by atoms with Crippen LogP contribution >= 0.6 is 0 Å². The van der Waals surface area contributed by atoms with E-state index < -0.39 is 23.4 Å². The molecule has 2 aromatic carbocycles. The smallest absolute Gasteiger partial charge is 0.336 e. The highest BCUT2D eigenvalue weighted by atomic mass is 16.4. The molecular formula is C18H17NO6. The Morgan fingerprint density at radius 1 is 0.840 bits per heavy atom. The van der Waals surface area contributed by atoms with Gasteiger partial charge in [0, 0.05) is 5.56 Å². The van der Waals surface area contributed by atoms with E-state index in [0.29, 0.717) is 0 Å². The first-order valence-corrected chi connectivity index (χ1v) is 7.11. The maximum absolute atomic E-state index is 10.8. The van der Waals surface area contributed by atoms with Crippen LogP contribution in [0.4, 0.5) is 0 Å². The van der Waals surface area contributed by atoms with Gasteiger partial charge in [-0.05, 0) is 38.1 Å². The molecule has 0 fully saturated rings. The first kappa shape index (κ1) is 19.6. The van der Waals surface area contributed by atoms with Gasteiger partial charge in [-0.25, -0.2) is 9.59 Å². The topological polar surface area (TPSA) is 135 Å². The predicted octanol–water partition coefficient (Wildman–Crippen LogP) is 2.38. The minimum Gasteiger partial charge on any atom is -0.478 e. The quantitative estimate of drug-likeness (QED) is 0.729. The number of Topliss-reactive ketones (excluding diaryl/α,β-unsaturated/α-hetero) is 1. The molecule has 0 bridgehead atoms. The van der Waals surface area contributed by atoms with Crippen molar-refractivity contribution in [3.8, 4) is 0 Å². The van der Waals surface area contributed by atoms with Crippen LogP contribution in [-0.2, 0) is 0 Å². The van der Waals surface area contributed by atoms with E-state index in [-0.39, 0.29) is 16.9 Å². The van der Waals surface area contributed by atoms with Gasteiger partial charge in [-0.3, -0.25) is 9.59 Å². The van der Waals surface area contributed by atoms with Gasteiger partial charge in [-0.15, -0.1) is 0 Å². The summed E-state index contributed by atoms with van der Waals surface area (Å²) in [6, 6.07) is 10.7. The SMILES string of the molecule is CC(=O)c1cccc(C)c1.NC(=O)c1ccc(C(=O)O)cc1C(=O)O. The molecule has 0 saturated carbocycles.